The van der Waals surface area contributed by atoms with Gasteiger partial charge < -0.3 is 10.1 Å². The zero-order chi connectivity index (χ0) is 19.1. The molecule has 1 N–H and O–H groups in total. The summed E-state index contributed by atoms with van der Waals surface area (Å²) in [5.41, 5.74) is 0.520. The normalized spacial score (nSPS) is 25.0. The monoisotopic (exact) mass is 355 g/mol. The largest absolute Gasteiger partial charge is 0.466 e. The molecule has 138 valence electrons. The summed E-state index contributed by atoms with van der Waals surface area (Å²) in [6.07, 6.45) is 5.61. The third-order valence-corrected chi connectivity index (χ3v) is 4.63. The van der Waals surface area contributed by atoms with Crippen molar-refractivity contribution in [3.8, 4) is 0 Å². The molecule has 1 fully saturated rings. The first-order valence-corrected chi connectivity index (χ1v) is 8.81. The number of amides is 1. The van der Waals surface area contributed by atoms with E-state index in [0.717, 1.165) is 0 Å². The third kappa shape index (κ3) is 4.69. The van der Waals surface area contributed by atoms with Gasteiger partial charge in [0.15, 0.2) is 5.78 Å². The number of allylic oxidation sites excluding steroid dienone is 2. The Labute approximate surface area is 154 Å². The molecule has 0 spiro atoms. The smallest absolute Gasteiger partial charge is 0.311 e. The van der Waals surface area contributed by atoms with Crippen LogP contribution in [0.5, 0.6) is 0 Å². The van der Waals surface area contributed by atoms with E-state index in [1.54, 1.807) is 43.3 Å². The van der Waals surface area contributed by atoms with Gasteiger partial charge in [-0.15, -0.1) is 6.58 Å². The molecular formula is C21H25NO4. The number of hydrogen-bond acceptors (Lipinski definition) is 4. The van der Waals surface area contributed by atoms with Crippen LogP contribution in [0.25, 0.3) is 0 Å². The first-order chi connectivity index (χ1) is 12.5. The average molecular weight is 355 g/mol. The number of nitrogens with one attached hydrogen (secondary N) is 1. The van der Waals surface area contributed by atoms with Crippen molar-refractivity contribution in [2.24, 2.45) is 17.8 Å². The van der Waals surface area contributed by atoms with Crippen LogP contribution in [0.2, 0.25) is 0 Å². The number of carbonyl (C=O) groups excluding carboxylic acids is 3. The van der Waals surface area contributed by atoms with Crippen LogP contribution in [-0.4, -0.2) is 30.3 Å². The van der Waals surface area contributed by atoms with Crippen molar-refractivity contribution in [1.29, 1.82) is 0 Å². The maximum absolute atomic E-state index is 12.6. The Hall–Kier alpha value is -2.69. The first-order valence-electron chi connectivity index (χ1n) is 8.81. The summed E-state index contributed by atoms with van der Waals surface area (Å²) in [5.74, 6) is -1.49. The highest BCUT2D eigenvalue weighted by Crippen LogP contribution is 2.39. The van der Waals surface area contributed by atoms with Gasteiger partial charge in [-0.2, -0.15) is 0 Å². The van der Waals surface area contributed by atoms with Crippen molar-refractivity contribution in [2.75, 3.05) is 6.61 Å². The topological polar surface area (TPSA) is 72.5 Å². The molecule has 0 aromatic heterocycles. The zero-order valence-corrected chi connectivity index (χ0v) is 15.2. The molecule has 1 aliphatic carbocycles. The molecule has 0 unspecified atom stereocenters. The molecule has 26 heavy (non-hydrogen) atoms. The standard InChI is InChI=1S/C21H25NO4/c1-4-15-13-17(12-11-14(3)23)19(18(15)21(25)26-5-2)22-20(24)16-9-7-6-8-10-16/h4,6-12,15,17-19H,1,5,13H2,2-3H3,(H,22,24)/b12-11+/t15-,17+,18-,19-/m0/s1. The number of benzene rings is 1. The van der Waals surface area contributed by atoms with Crippen molar-refractivity contribution < 1.29 is 19.1 Å². The summed E-state index contributed by atoms with van der Waals surface area (Å²) in [5, 5.41) is 2.97. The maximum Gasteiger partial charge on any atom is 0.311 e. The van der Waals surface area contributed by atoms with Gasteiger partial charge in [-0.1, -0.05) is 30.4 Å². The van der Waals surface area contributed by atoms with Gasteiger partial charge >= 0.3 is 5.97 Å². The predicted molar refractivity (Wildman–Crippen MR) is 99.4 cm³/mol. The number of carbonyl (C=O) groups is 3. The molecule has 5 heteroatoms. The molecule has 1 aromatic carbocycles. The molecule has 0 saturated heterocycles. The SMILES string of the molecule is C=C[C@H]1C[C@@H](/C=C/C(C)=O)[C@H](NC(=O)c2ccccc2)[C@H]1C(=O)OCC. The van der Waals surface area contributed by atoms with E-state index < -0.39 is 12.0 Å². The molecular weight excluding hydrogens is 330 g/mol. The lowest BCUT2D eigenvalue weighted by atomic mass is 9.92. The van der Waals surface area contributed by atoms with E-state index >= 15 is 0 Å². The fourth-order valence-corrected chi connectivity index (χ4v) is 3.42. The molecule has 1 saturated carbocycles. The van der Waals surface area contributed by atoms with Gasteiger partial charge in [-0.3, -0.25) is 14.4 Å². The Bertz CT molecular complexity index is 695. The highest BCUT2D eigenvalue weighted by atomic mass is 16.5. The Morgan fingerprint density at radius 3 is 2.50 bits per heavy atom. The Morgan fingerprint density at radius 2 is 1.92 bits per heavy atom. The van der Waals surface area contributed by atoms with Crippen molar-refractivity contribution in [1.82, 2.24) is 5.32 Å². The van der Waals surface area contributed by atoms with Gasteiger partial charge in [0, 0.05) is 11.6 Å². The molecule has 0 radical (unpaired) electrons. The fourth-order valence-electron chi connectivity index (χ4n) is 3.42. The zero-order valence-electron chi connectivity index (χ0n) is 15.2. The first kappa shape index (κ1) is 19.6. The van der Waals surface area contributed by atoms with Crippen LogP contribution < -0.4 is 5.32 Å². The predicted octanol–water partition coefficient (Wildman–Crippen LogP) is 2.93. The second kappa shape index (κ2) is 9.13. The second-order valence-electron chi connectivity index (χ2n) is 6.41. The molecule has 0 heterocycles. The van der Waals surface area contributed by atoms with E-state index in [-0.39, 0.29) is 36.1 Å². The quantitative estimate of drug-likeness (QED) is 0.464. The molecule has 1 aromatic rings. The van der Waals surface area contributed by atoms with E-state index in [1.165, 1.54) is 13.0 Å². The summed E-state index contributed by atoms with van der Waals surface area (Å²) >= 11 is 0. The number of ketones is 1. The second-order valence-corrected chi connectivity index (χ2v) is 6.41. The minimum atomic E-state index is -0.526. The lowest BCUT2D eigenvalue weighted by Gasteiger charge is -2.25. The van der Waals surface area contributed by atoms with Gasteiger partial charge in [0.05, 0.1) is 12.5 Å². The number of ether oxygens (including phenoxy) is 1. The van der Waals surface area contributed by atoms with Gasteiger partial charge in [-0.05, 0) is 50.3 Å². The van der Waals surface area contributed by atoms with Gasteiger partial charge in [0.2, 0.25) is 0 Å². The van der Waals surface area contributed by atoms with Gasteiger partial charge in [0.25, 0.3) is 5.91 Å². The van der Waals surface area contributed by atoms with Crippen molar-refractivity contribution in [3.05, 3.63) is 60.7 Å². The summed E-state index contributed by atoms with van der Waals surface area (Å²) in [7, 11) is 0. The van der Waals surface area contributed by atoms with E-state index in [0.29, 0.717) is 12.0 Å². The van der Waals surface area contributed by atoms with Crippen LogP contribution in [0.15, 0.2) is 55.1 Å². The number of rotatable bonds is 7. The molecule has 1 amide bonds. The molecule has 0 aliphatic heterocycles. The number of hydrogen-bond donors (Lipinski definition) is 1. The van der Waals surface area contributed by atoms with Crippen molar-refractivity contribution in [2.45, 2.75) is 26.3 Å². The molecule has 0 bridgehead atoms. The molecule has 4 atom stereocenters. The van der Waals surface area contributed by atoms with E-state index in [2.05, 4.69) is 11.9 Å². The van der Waals surface area contributed by atoms with Crippen LogP contribution in [0.3, 0.4) is 0 Å². The minimum absolute atomic E-state index is 0.0760. The van der Waals surface area contributed by atoms with Crippen LogP contribution in [-0.2, 0) is 14.3 Å². The highest BCUT2D eigenvalue weighted by Gasteiger charge is 2.46. The number of esters is 1. The lowest BCUT2D eigenvalue weighted by Crippen LogP contribution is -2.45. The summed E-state index contributed by atoms with van der Waals surface area (Å²) in [6.45, 7) is 7.32. The Balaban J connectivity index is 2.30. The lowest BCUT2D eigenvalue weighted by molar-refractivity contribution is -0.149. The van der Waals surface area contributed by atoms with E-state index in [4.69, 9.17) is 4.74 Å². The van der Waals surface area contributed by atoms with E-state index in [1.807, 2.05) is 6.07 Å². The van der Waals surface area contributed by atoms with Crippen molar-refractivity contribution >= 4 is 17.7 Å². The summed E-state index contributed by atoms with van der Waals surface area (Å²) in [4.78, 5) is 36.5. The minimum Gasteiger partial charge on any atom is -0.466 e. The third-order valence-electron chi connectivity index (χ3n) is 4.63. The fraction of sp³-hybridized carbons (Fsp3) is 0.381. The molecule has 2 rings (SSSR count). The Kier molecular flexibility index (Phi) is 6.89. The van der Waals surface area contributed by atoms with Crippen LogP contribution in [0.4, 0.5) is 0 Å². The summed E-state index contributed by atoms with van der Waals surface area (Å²) in [6, 6.07) is 8.38. The average Bonchev–Trinajstić information content (AvgIpc) is 2.98. The summed E-state index contributed by atoms with van der Waals surface area (Å²) < 4.78 is 5.22. The van der Waals surface area contributed by atoms with Crippen LogP contribution in [0.1, 0.15) is 30.6 Å². The molecule has 5 nitrogen and oxygen atoms in total. The van der Waals surface area contributed by atoms with Crippen LogP contribution in [0, 0.1) is 17.8 Å². The Morgan fingerprint density at radius 1 is 1.23 bits per heavy atom. The van der Waals surface area contributed by atoms with Gasteiger partial charge in [0.1, 0.15) is 0 Å². The molecule has 1 aliphatic rings. The van der Waals surface area contributed by atoms with Crippen LogP contribution >= 0.6 is 0 Å². The highest BCUT2D eigenvalue weighted by molar-refractivity contribution is 5.95. The van der Waals surface area contributed by atoms with Crippen molar-refractivity contribution in [3.63, 3.8) is 0 Å². The maximum atomic E-state index is 12.6. The van der Waals surface area contributed by atoms with Gasteiger partial charge in [-0.25, -0.2) is 0 Å². The van der Waals surface area contributed by atoms with E-state index in [9.17, 15) is 14.4 Å².